The van der Waals surface area contributed by atoms with Gasteiger partial charge >= 0.3 is 0 Å². The number of hydrogen-bond acceptors (Lipinski definition) is 3. The van der Waals surface area contributed by atoms with E-state index < -0.39 is 0 Å². The lowest BCUT2D eigenvalue weighted by Gasteiger charge is -2.19. The summed E-state index contributed by atoms with van der Waals surface area (Å²) in [6.45, 7) is 2.53. The molecule has 0 aliphatic carbocycles. The van der Waals surface area contributed by atoms with Crippen molar-refractivity contribution >= 4 is 5.91 Å². The number of ether oxygens (including phenoxy) is 2. The van der Waals surface area contributed by atoms with Gasteiger partial charge in [0.05, 0.1) is 7.11 Å². The van der Waals surface area contributed by atoms with Crippen LogP contribution in [0.2, 0.25) is 0 Å². The van der Waals surface area contributed by atoms with Crippen molar-refractivity contribution in [3.63, 3.8) is 0 Å². The van der Waals surface area contributed by atoms with Gasteiger partial charge in [0.15, 0.2) is 0 Å². The monoisotopic (exact) mass is 265 g/mol. The number of amides is 1. The summed E-state index contributed by atoms with van der Waals surface area (Å²) in [6.07, 6.45) is 2.31. The fourth-order valence-corrected chi connectivity index (χ4v) is 1.88. The highest BCUT2D eigenvalue weighted by atomic mass is 16.5. The number of carbonyl (C=O) groups is 1. The zero-order valence-electron chi connectivity index (χ0n) is 11.9. The average Bonchev–Trinajstić information content (AvgIpc) is 2.46. The fourth-order valence-electron chi connectivity index (χ4n) is 1.88. The summed E-state index contributed by atoms with van der Waals surface area (Å²) in [5.74, 6) is 0.843. The van der Waals surface area contributed by atoms with Crippen molar-refractivity contribution in [1.29, 1.82) is 0 Å². The number of rotatable bonds is 8. The van der Waals surface area contributed by atoms with Crippen molar-refractivity contribution in [1.82, 2.24) is 5.32 Å². The van der Waals surface area contributed by atoms with E-state index in [1.165, 1.54) is 0 Å². The number of hydrogen-bond donors (Lipinski definition) is 1. The molecule has 0 aromatic heterocycles. The lowest BCUT2D eigenvalue weighted by Crippen LogP contribution is -2.29. The Hall–Kier alpha value is -1.55. The molecule has 1 N–H and O–H groups in total. The molecule has 0 spiro atoms. The highest BCUT2D eigenvalue weighted by molar-refractivity contribution is 5.75. The lowest BCUT2D eigenvalue weighted by molar-refractivity contribution is -0.121. The van der Waals surface area contributed by atoms with Crippen LogP contribution in [-0.2, 0) is 9.53 Å². The summed E-state index contributed by atoms with van der Waals surface area (Å²) < 4.78 is 10.7. The third-order valence-corrected chi connectivity index (χ3v) is 3.01. The molecule has 0 radical (unpaired) electrons. The average molecular weight is 265 g/mol. The van der Waals surface area contributed by atoms with Crippen LogP contribution in [0.3, 0.4) is 0 Å². The minimum atomic E-state index is -0.193. The van der Waals surface area contributed by atoms with E-state index >= 15 is 0 Å². The van der Waals surface area contributed by atoms with Gasteiger partial charge in [-0.1, -0.05) is 31.5 Å². The number of benzene rings is 1. The van der Waals surface area contributed by atoms with Crippen LogP contribution in [0.25, 0.3) is 0 Å². The van der Waals surface area contributed by atoms with Gasteiger partial charge in [0.25, 0.3) is 0 Å². The topological polar surface area (TPSA) is 47.6 Å². The summed E-state index contributed by atoms with van der Waals surface area (Å²) in [6, 6.07) is 7.68. The highest BCUT2D eigenvalue weighted by Gasteiger charge is 2.15. The first-order chi connectivity index (χ1) is 9.22. The molecule has 19 heavy (non-hydrogen) atoms. The van der Waals surface area contributed by atoms with Crippen molar-refractivity contribution in [2.75, 3.05) is 20.8 Å². The van der Waals surface area contributed by atoms with Crippen LogP contribution < -0.4 is 10.1 Å². The lowest BCUT2D eigenvalue weighted by atomic mass is 10.1. The van der Waals surface area contributed by atoms with Crippen molar-refractivity contribution in [3.8, 4) is 5.75 Å². The van der Waals surface area contributed by atoms with E-state index in [1.54, 1.807) is 14.2 Å². The van der Waals surface area contributed by atoms with Crippen molar-refractivity contribution in [2.24, 2.45) is 0 Å². The van der Waals surface area contributed by atoms with Gasteiger partial charge in [-0.05, 0) is 12.5 Å². The van der Waals surface area contributed by atoms with Crippen LogP contribution >= 0.6 is 0 Å². The first-order valence-electron chi connectivity index (χ1n) is 6.65. The van der Waals surface area contributed by atoms with Gasteiger partial charge in [-0.25, -0.2) is 0 Å². The maximum absolute atomic E-state index is 11.6. The second kappa shape index (κ2) is 8.53. The molecule has 0 unspecified atom stereocenters. The van der Waals surface area contributed by atoms with Gasteiger partial charge in [-0.2, -0.15) is 0 Å². The van der Waals surface area contributed by atoms with Crippen LogP contribution in [0, 0.1) is 0 Å². The third kappa shape index (κ3) is 4.91. The first kappa shape index (κ1) is 15.5. The number of nitrogens with one attached hydrogen (secondary N) is 1. The molecule has 106 valence electrons. The Kier molecular flexibility index (Phi) is 6.97. The second-order valence-corrected chi connectivity index (χ2v) is 4.37. The predicted molar refractivity (Wildman–Crippen MR) is 75.3 cm³/mol. The number of para-hydroxylation sites is 1. The molecule has 0 fully saturated rings. The second-order valence-electron chi connectivity index (χ2n) is 4.37. The van der Waals surface area contributed by atoms with Crippen molar-refractivity contribution in [2.45, 2.75) is 32.3 Å². The fraction of sp³-hybridized carbons (Fsp3) is 0.533. The maximum Gasteiger partial charge on any atom is 0.220 e. The van der Waals surface area contributed by atoms with Gasteiger partial charge in [0, 0.05) is 25.6 Å². The molecule has 1 amide bonds. The molecule has 1 aromatic carbocycles. The summed E-state index contributed by atoms with van der Waals surface area (Å²) in [4.78, 5) is 11.6. The third-order valence-electron chi connectivity index (χ3n) is 3.01. The normalized spacial score (nSPS) is 11.9. The van der Waals surface area contributed by atoms with E-state index in [4.69, 9.17) is 9.47 Å². The molecule has 0 heterocycles. The Bertz CT molecular complexity index is 393. The number of unbranched alkanes of at least 4 members (excludes halogenated alkanes) is 1. The van der Waals surface area contributed by atoms with E-state index in [-0.39, 0.29) is 12.0 Å². The van der Waals surface area contributed by atoms with Crippen LogP contribution in [-0.4, -0.2) is 26.7 Å². The minimum absolute atomic E-state index is 0.0683. The molecular formula is C15H23NO3. The van der Waals surface area contributed by atoms with E-state index in [0.717, 1.165) is 24.2 Å². The van der Waals surface area contributed by atoms with E-state index in [1.807, 2.05) is 24.3 Å². The molecule has 0 aliphatic heterocycles. The van der Waals surface area contributed by atoms with Gasteiger partial charge in [0.1, 0.15) is 11.9 Å². The molecule has 0 bridgehead atoms. The van der Waals surface area contributed by atoms with E-state index in [2.05, 4.69) is 12.2 Å². The first-order valence-corrected chi connectivity index (χ1v) is 6.65. The molecule has 4 heteroatoms. The highest BCUT2D eigenvalue weighted by Crippen LogP contribution is 2.26. The molecule has 1 aromatic rings. The predicted octanol–water partition coefficient (Wildman–Crippen LogP) is 2.69. The Morgan fingerprint density at radius 3 is 2.68 bits per heavy atom. The van der Waals surface area contributed by atoms with E-state index in [9.17, 15) is 4.79 Å². The Morgan fingerprint density at radius 2 is 2.05 bits per heavy atom. The maximum atomic E-state index is 11.6. The van der Waals surface area contributed by atoms with Crippen LogP contribution in [0.5, 0.6) is 5.75 Å². The summed E-state index contributed by atoms with van der Waals surface area (Å²) >= 11 is 0. The molecule has 1 rings (SSSR count). The molecule has 4 nitrogen and oxygen atoms in total. The summed E-state index contributed by atoms with van der Waals surface area (Å²) in [7, 11) is 3.26. The molecule has 1 atom stereocenters. The van der Waals surface area contributed by atoms with Gasteiger partial charge in [-0.3, -0.25) is 4.79 Å². The zero-order chi connectivity index (χ0) is 14.1. The van der Waals surface area contributed by atoms with Crippen LogP contribution in [0.1, 0.15) is 37.9 Å². The van der Waals surface area contributed by atoms with Gasteiger partial charge < -0.3 is 14.8 Å². The van der Waals surface area contributed by atoms with Gasteiger partial charge in [0.2, 0.25) is 5.91 Å². The number of carbonyl (C=O) groups excluding carboxylic acids is 1. The summed E-state index contributed by atoms with van der Waals surface area (Å²) in [5.41, 5.74) is 0.947. The molecular weight excluding hydrogens is 242 g/mol. The SMILES string of the molecule is CCCCC(=O)NC[C@H](OC)c1ccccc1OC. The van der Waals surface area contributed by atoms with Crippen molar-refractivity contribution < 1.29 is 14.3 Å². The number of methoxy groups -OCH3 is 2. The largest absolute Gasteiger partial charge is 0.496 e. The van der Waals surface area contributed by atoms with E-state index in [0.29, 0.717) is 13.0 Å². The molecule has 0 saturated heterocycles. The molecule has 0 saturated carbocycles. The minimum Gasteiger partial charge on any atom is -0.496 e. The van der Waals surface area contributed by atoms with Gasteiger partial charge in [-0.15, -0.1) is 0 Å². The van der Waals surface area contributed by atoms with Crippen LogP contribution in [0.15, 0.2) is 24.3 Å². The molecule has 0 aliphatic rings. The van der Waals surface area contributed by atoms with Crippen molar-refractivity contribution in [3.05, 3.63) is 29.8 Å². The Balaban J connectivity index is 2.60. The summed E-state index contributed by atoms with van der Waals surface area (Å²) in [5, 5.41) is 2.90. The zero-order valence-corrected chi connectivity index (χ0v) is 11.9. The Labute approximate surface area is 115 Å². The smallest absolute Gasteiger partial charge is 0.220 e. The Morgan fingerprint density at radius 1 is 1.32 bits per heavy atom. The quantitative estimate of drug-likeness (QED) is 0.786. The van der Waals surface area contributed by atoms with Crippen LogP contribution in [0.4, 0.5) is 0 Å². The standard InChI is InChI=1S/C15H23NO3/c1-4-5-10-15(17)16-11-14(19-3)12-8-6-7-9-13(12)18-2/h6-9,14H,4-5,10-11H2,1-3H3,(H,16,17)/t14-/m0/s1.